The van der Waals surface area contributed by atoms with E-state index in [9.17, 15) is 8.42 Å². The van der Waals surface area contributed by atoms with E-state index >= 15 is 0 Å². The van der Waals surface area contributed by atoms with Crippen LogP contribution in [0.15, 0.2) is 94.7 Å². The van der Waals surface area contributed by atoms with Crippen molar-refractivity contribution >= 4 is 21.3 Å². The van der Waals surface area contributed by atoms with Gasteiger partial charge in [-0.25, -0.2) is 8.42 Å². The molecule has 0 fully saturated rings. The molecule has 0 amide bonds. The zero-order valence-electron chi connectivity index (χ0n) is 17.9. The standard InChI is InChI=1S/C26H23N3O2S/c1-19-20(2)29(18-22-9-5-3-6-10-22)26(28-23-15-13-21(17-27)14-16-23)25(19)32(30,31)24-11-7-4-8-12-24/h3-16,28H,18H2,1-2H3. The van der Waals surface area contributed by atoms with Gasteiger partial charge in [-0.1, -0.05) is 48.5 Å². The second-order valence-corrected chi connectivity index (χ2v) is 9.48. The highest BCUT2D eigenvalue weighted by atomic mass is 32.2. The van der Waals surface area contributed by atoms with Crippen molar-refractivity contribution in [2.24, 2.45) is 0 Å². The van der Waals surface area contributed by atoms with E-state index in [0.717, 1.165) is 11.3 Å². The van der Waals surface area contributed by atoms with E-state index in [1.54, 1.807) is 54.6 Å². The van der Waals surface area contributed by atoms with E-state index in [0.29, 0.717) is 29.2 Å². The maximum Gasteiger partial charge on any atom is 0.210 e. The van der Waals surface area contributed by atoms with Gasteiger partial charge in [0.2, 0.25) is 9.84 Å². The highest BCUT2D eigenvalue weighted by molar-refractivity contribution is 7.91. The fraction of sp³-hybridized carbons (Fsp3) is 0.115. The molecule has 0 unspecified atom stereocenters. The van der Waals surface area contributed by atoms with Crippen LogP contribution in [0.1, 0.15) is 22.4 Å². The molecule has 0 aliphatic rings. The van der Waals surface area contributed by atoms with Gasteiger partial charge in [-0.2, -0.15) is 5.26 Å². The molecule has 0 saturated carbocycles. The molecule has 0 atom stereocenters. The van der Waals surface area contributed by atoms with E-state index in [4.69, 9.17) is 5.26 Å². The number of benzene rings is 3. The van der Waals surface area contributed by atoms with Gasteiger partial charge in [0.25, 0.3) is 0 Å². The van der Waals surface area contributed by atoms with Gasteiger partial charge < -0.3 is 9.88 Å². The molecule has 1 N–H and O–H groups in total. The fourth-order valence-corrected chi connectivity index (χ4v) is 5.45. The summed E-state index contributed by atoms with van der Waals surface area (Å²) in [5, 5.41) is 12.4. The number of hydrogen-bond acceptors (Lipinski definition) is 4. The Morgan fingerprint density at radius 2 is 1.47 bits per heavy atom. The maximum atomic E-state index is 13.7. The van der Waals surface area contributed by atoms with E-state index in [-0.39, 0.29) is 9.79 Å². The van der Waals surface area contributed by atoms with Gasteiger partial charge in [-0.3, -0.25) is 0 Å². The number of rotatable bonds is 6. The molecule has 32 heavy (non-hydrogen) atoms. The van der Waals surface area contributed by atoms with Gasteiger partial charge in [0, 0.05) is 17.9 Å². The molecule has 3 aromatic carbocycles. The van der Waals surface area contributed by atoms with Gasteiger partial charge in [-0.05, 0) is 61.4 Å². The molecule has 0 bridgehead atoms. The first-order valence-corrected chi connectivity index (χ1v) is 11.7. The second kappa shape index (κ2) is 8.74. The predicted octanol–water partition coefficient (Wildman–Crippen LogP) is 5.60. The zero-order valence-corrected chi connectivity index (χ0v) is 18.7. The molecule has 1 heterocycles. The summed E-state index contributed by atoms with van der Waals surface area (Å²) in [7, 11) is -3.76. The molecular weight excluding hydrogens is 418 g/mol. The van der Waals surface area contributed by atoms with Crippen LogP contribution in [0.4, 0.5) is 11.5 Å². The number of aromatic nitrogens is 1. The minimum Gasteiger partial charge on any atom is -0.341 e. The topological polar surface area (TPSA) is 74.9 Å². The van der Waals surface area contributed by atoms with Crippen LogP contribution in [-0.2, 0) is 16.4 Å². The molecule has 5 nitrogen and oxygen atoms in total. The minimum absolute atomic E-state index is 0.253. The predicted molar refractivity (Wildman–Crippen MR) is 126 cm³/mol. The monoisotopic (exact) mass is 441 g/mol. The third kappa shape index (κ3) is 4.03. The van der Waals surface area contributed by atoms with Crippen molar-refractivity contribution in [1.29, 1.82) is 5.26 Å². The molecule has 4 rings (SSSR count). The van der Waals surface area contributed by atoms with Crippen molar-refractivity contribution in [3.8, 4) is 6.07 Å². The first kappa shape index (κ1) is 21.4. The lowest BCUT2D eigenvalue weighted by Crippen LogP contribution is -2.10. The van der Waals surface area contributed by atoms with Crippen molar-refractivity contribution in [2.75, 3.05) is 5.32 Å². The highest BCUT2D eigenvalue weighted by Gasteiger charge is 2.29. The van der Waals surface area contributed by atoms with Crippen LogP contribution < -0.4 is 5.32 Å². The molecule has 6 heteroatoms. The van der Waals surface area contributed by atoms with Crippen LogP contribution in [0.3, 0.4) is 0 Å². The van der Waals surface area contributed by atoms with Crippen LogP contribution in [0, 0.1) is 25.2 Å². The number of nitriles is 1. The Morgan fingerprint density at radius 1 is 0.875 bits per heavy atom. The highest BCUT2D eigenvalue weighted by Crippen LogP contribution is 2.37. The molecule has 0 saturated heterocycles. The van der Waals surface area contributed by atoms with E-state index in [1.165, 1.54) is 0 Å². The summed E-state index contributed by atoms with van der Waals surface area (Å²) in [6, 6.07) is 27.5. The summed E-state index contributed by atoms with van der Waals surface area (Å²) >= 11 is 0. The van der Waals surface area contributed by atoms with Gasteiger partial charge in [-0.15, -0.1) is 0 Å². The Kier molecular flexibility index (Phi) is 5.85. The molecular formula is C26H23N3O2S. The third-order valence-corrected chi connectivity index (χ3v) is 7.49. The third-order valence-electron chi connectivity index (χ3n) is 5.56. The first-order valence-electron chi connectivity index (χ1n) is 10.2. The molecule has 0 radical (unpaired) electrons. The van der Waals surface area contributed by atoms with Crippen LogP contribution in [-0.4, -0.2) is 13.0 Å². The molecule has 4 aromatic rings. The SMILES string of the molecule is Cc1c(S(=O)(=O)c2ccccc2)c(Nc2ccc(C#N)cc2)n(Cc2ccccc2)c1C. The van der Waals surface area contributed by atoms with Crippen molar-refractivity contribution in [1.82, 2.24) is 4.57 Å². The average molecular weight is 442 g/mol. The largest absolute Gasteiger partial charge is 0.341 e. The Hall–Kier alpha value is -3.82. The normalized spacial score (nSPS) is 11.2. The summed E-state index contributed by atoms with van der Waals surface area (Å²) in [5.74, 6) is 0.511. The lowest BCUT2D eigenvalue weighted by Gasteiger charge is -2.16. The molecule has 0 spiro atoms. The summed E-state index contributed by atoms with van der Waals surface area (Å²) in [5.41, 5.74) is 3.90. The second-order valence-electron chi connectivity index (χ2n) is 7.59. The van der Waals surface area contributed by atoms with E-state index in [1.807, 2.05) is 48.7 Å². The Labute approximate surface area is 188 Å². The van der Waals surface area contributed by atoms with Crippen molar-refractivity contribution in [3.05, 3.63) is 107 Å². The number of hydrogen-bond donors (Lipinski definition) is 1. The summed E-state index contributed by atoms with van der Waals surface area (Å²) < 4.78 is 29.4. The number of sulfone groups is 1. The maximum absolute atomic E-state index is 13.7. The van der Waals surface area contributed by atoms with Crippen LogP contribution in [0.2, 0.25) is 0 Å². The number of nitrogens with one attached hydrogen (secondary N) is 1. The van der Waals surface area contributed by atoms with Crippen molar-refractivity contribution in [3.63, 3.8) is 0 Å². The van der Waals surface area contributed by atoms with E-state index < -0.39 is 9.84 Å². The summed E-state index contributed by atoms with van der Waals surface area (Å²) in [6.45, 7) is 4.30. The van der Waals surface area contributed by atoms with Crippen molar-refractivity contribution < 1.29 is 8.42 Å². The summed E-state index contributed by atoms with van der Waals surface area (Å²) in [6.07, 6.45) is 0. The Balaban J connectivity index is 1.90. The van der Waals surface area contributed by atoms with E-state index in [2.05, 4.69) is 11.4 Å². The number of nitrogens with zero attached hydrogens (tertiary/aromatic N) is 2. The first-order chi connectivity index (χ1) is 15.4. The minimum atomic E-state index is -3.76. The smallest absolute Gasteiger partial charge is 0.210 e. The van der Waals surface area contributed by atoms with Crippen LogP contribution in [0.25, 0.3) is 0 Å². The Morgan fingerprint density at radius 3 is 2.06 bits per heavy atom. The lowest BCUT2D eigenvalue weighted by atomic mass is 10.2. The van der Waals surface area contributed by atoms with Gasteiger partial charge in [0.05, 0.1) is 16.5 Å². The van der Waals surface area contributed by atoms with Gasteiger partial charge in [0.1, 0.15) is 10.7 Å². The van der Waals surface area contributed by atoms with Gasteiger partial charge in [0.15, 0.2) is 0 Å². The molecule has 160 valence electrons. The quantitative estimate of drug-likeness (QED) is 0.422. The molecule has 0 aliphatic heterocycles. The van der Waals surface area contributed by atoms with Gasteiger partial charge >= 0.3 is 0 Å². The number of anilines is 2. The Bertz CT molecular complexity index is 1380. The summed E-state index contributed by atoms with van der Waals surface area (Å²) in [4.78, 5) is 0.518. The average Bonchev–Trinajstić information content (AvgIpc) is 3.05. The van der Waals surface area contributed by atoms with Crippen LogP contribution >= 0.6 is 0 Å². The van der Waals surface area contributed by atoms with Crippen molar-refractivity contribution in [2.45, 2.75) is 30.2 Å². The fourth-order valence-electron chi connectivity index (χ4n) is 3.73. The molecule has 0 aliphatic carbocycles. The lowest BCUT2D eigenvalue weighted by molar-refractivity contribution is 0.596. The zero-order chi connectivity index (χ0) is 22.7. The molecule has 1 aromatic heterocycles. The van der Waals surface area contributed by atoms with Crippen LogP contribution in [0.5, 0.6) is 0 Å².